The topological polar surface area (TPSA) is 38.3 Å². The van der Waals surface area contributed by atoms with Gasteiger partial charge in [-0.25, -0.2) is 0 Å². The van der Waals surface area contributed by atoms with Gasteiger partial charge in [0.25, 0.3) is 0 Å². The van der Waals surface area contributed by atoms with E-state index in [1.807, 2.05) is 26.6 Å². The lowest BCUT2D eigenvalue weighted by atomic mass is 9.90. The fourth-order valence-electron chi connectivity index (χ4n) is 1.59. The molecule has 0 aromatic heterocycles. The van der Waals surface area contributed by atoms with E-state index in [0.29, 0.717) is 0 Å². The SMILES string of the molecule is CC(C)C(C)(N[Si](C)(C)C)C(=O)O[Si](C)(C)C. The third-order valence-electron chi connectivity index (χ3n) is 2.61. The summed E-state index contributed by atoms with van der Waals surface area (Å²) >= 11 is 0. The average Bonchev–Trinajstić information content (AvgIpc) is 1.96. The second-order valence-corrected chi connectivity index (χ2v) is 16.4. The first-order valence-corrected chi connectivity index (χ1v) is 13.2. The van der Waals surface area contributed by atoms with Gasteiger partial charge >= 0.3 is 5.97 Å². The average molecular weight is 276 g/mol. The van der Waals surface area contributed by atoms with Crippen molar-refractivity contribution in [2.24, 2.45) is 5.92 Å². The summed E-state index contributed by atoms with van der Waals surface area (Å²) < 4.78 is 5.67. The molecule has 0 spiro atoms. The summed E-state index contributed by atoms with van der Waals surface area (Å²) in [4.78, 5) is 15.9. The van der Waals surface area contributed by atoms with Crippen LogP contribution in [0.3, 0.4) is 0 Å². The molecular weight excluding hydrogens is 246 g/mol. The van der Waals surface area contributed by atoms with Gasteiger partial charge in [-0.3, -0.25) is 4.79 Å². The molecule has 0 amide bonds. The number of nitrogens with one attached hydrogen (secondary N) is 1. The van der Waals surface area contributed by atoms with Crippen LogP contribution in [0.25, 0.3) is 0 Å². The van der Waals surface area contributed by atoms with Crippen molar-refractivity contribution in [2.75, 3.05) is 0 Å². The minimum absolute atomic E-state index is 0.0888. The van der Waals surface area contributed by atoms with E-state index in [2.05, 4.69) is 38.5 Å². The Morgan fingerprint density at radius 2 is 1.53 bits per heavy atom. The van der Waals surface area contributed by atoms with Crippen molar-refractivity contribution >= 4 is 22.5 Å². The van der Waals surface area contributed by atoms with E-state index in [4.69, 9.17) is 4.43 Å². The van der Waals surface area contributed by atoms with Crippen molar-refractivity contribution in [1.82, 2.24) is 4.98 Å². The van der Waals surface area contributed by atoms with E-state index >= 15 is 0 Å². The van der Waals surface area contributed by atoms with E-state index < -0.39 is 22.1 Å². The number of carbonyl (C=O) groups is 1. The van der Waals surface area contributed by atoms with Crippen molar-refractivity contribution in [3.63, 3.8) is 0 Å². The molecular formula is C12H29NO2Si2. The van der Waals surface area contributed by atoms with Gasteiger partial charge in [-0.05, 0) is 32.5 Å². The van der Waals surface area contributed by atoms with Crippen LogP contribution in [0.15, 0.2) is 0 Å². The van der Waals surface area contributed by atoms with E-state index in [0.717, 1.165) is 0 Å². The molecule has 1 atom stereocenters. The molecule has 0 saturated carbocycles. The first-order valence-electron chi connectivity index (χ1n) is 6.31. The molecule has 0 aliphatic carbocycles. The van der Waals surface area contributed by atoms with Crippen molar-refractivity contribution < 1.29 is 9.22 Å². The van der Waals surface area contributed by atoms with Gasteiger partial charge in [0.05, 0.1) is 0 Å². The Bertz CT molecular complexity index is 279. The highest BCUT2D eigenvalue weighted by Gasteiger charge is 2.42. The maximum Gasteiger partial charge on any atom is 0.312 e. The molecule has 0 aliphatic heterocycles. The summed E-state index contributed by atoms with van der Waals surface area (Å²) in [6.45, 7) is 18.8. The second-order valence-electron chi connectivity index (χ2n) is 7.23. The van der Waals surface area contributed by atoms with Crippen molar-refractivity contribution in [1.29, 1.82) is 0 Å². The molecule has 0 radical (unpaired) electrons. The largest absolute Gasteiger partial charge is 0.519 e. The van der Waals surface area contributed by atoms with Crippen LogP contribution < -0.4 is 4.98 Å². The number of rotatable bonds is 5. The highest BCUT2D eigenvalue weighted by Crippen LogP contribution is 2.23. The normalized spacial score (nSPS) is 16.8. The minimum atomic E-state index is -1.83. The first kappa shape index (κ1) is 16.9. The van der Waals surface area contributed by atoms with Crippen LogP contribution in [0.1, 0.15) is 20.8 Å². The van der Waals surface area contributed by atoms with E-state index in [-0.39, 0.29) is 11.9 Å². The van der Waals surface area contributed by atoms with Crippen molar-refractivity contribution in [3.8, 4) is 0 Å². The van der Waals surface area contributed by atoms with Crippen LogP contribution in [0.5, 0.6) is 0 Å². The Morgan fingerprint density at radius 1 is 1.12 bits per heavy atom. The van der Waals surface area contributed by atoms with Crippen molar-refractivity contribution in [2.45, 2.75) is 65.6 Å². The Balaban J connectivity index is 5.03. The zero-order chi connectivity index (χ0) is 14.1. The Hall–Kier alpha value is -0.136. The monoisotopic (exact) mass is 275 g/mol. The third kappa shape index (κ3) is 5.83. The van der Waals surface area contributed by atoms with Crippen molar-refractivity contribution in [3.05, 3.63) is 0 Å². The molecule has 0 heterocycles. The molecule has 17 heavy (non-hydrogen) atoms. The highest BCUT2D eigenvalue weighted by molar-refractivity contribution is 6.74. The summed E-state index contributed by atoms with van der Waals surface area (Å²) in [5.74, 6) is 0.132. The minimum Gasteiger partial charge on any atom is -0.519 e. The van der Waals surface area contributed by atoms with Gasteiger partial charge in [0.15, 0.2) is 0 Å². The molecule has 0 saturated heterocycles. The summed E-state index contributed by atoms with van der Waals surface area (Å²) in [7, 11) is -3.35. The smallest absolute Gasteiger partial charge is 0.312 e. The third-order valence-corrected chi connectivity index (χ3v) is 4.68. The van der Waals surface area contributed by atoms with Gasteiger partial charge < -0.3 is 9.41 Å². The highest BCUT2D eigenvalue weighted by atomic mass is 28.4. The van der Waals surface area contributed by atoms with E-state index in [1.165, 1.54) is 0 Å². The lowest BCUT2D eigenvalue weighted by Crippen LogP contribution is -2.63. The molecule has 0 fully saturated rings. The van der Waals surface area contributed by atoms with E-state index in [9.17, 15) is 4.79 Å². The molecule has 3 nitrogen and oxygen atoms in total. The fourth-order valence-corrected chi connectivity index (χ4v) is 4.31. The maximum atomic E-state index is 12.4. The molecule has 1 unspecified atom stereocenters. The summed E-state index contributed by atoms with van der Waals surface area (Å²) in [6, 6.07) is 0. The van der Waals surface area contributed by atoms with Gasteiger partial charge in [-0.15, -0.1) is 0 Å². The van der Waals surface area contributed by atoms with Gasteiger partial charge in [0, 0.05) is 0 Å². The predicted molar refractivity (Wildman–Crippen MR) is 79.2 cm³/mol. The fraction of sp³-hybridized carbons (Fsp3) is 0.917. The second kappa shape index (κ2) is 5.24. The molecule has 5 heteroatoms. The molecule has 0 aromatic rings. The number of hydrogen-bond acceptors (Lipinski definition) is 3. The summed E-state index contributed by atoms with van der Waals surface area (Å²) in [5.41, 5.74) is -0.565. The lowest BCUT2D eigenvalue weighted by molar-refractivity contribution is -0.143. The molecule has 0 aromatic carbocycles. The van der Waals surface area contributed by atoms with Gasteiger partial charge in [-0.2, -0.15) is 0 Å². The van der Waals surface area contributed by atoms with Gasteiger partial charge in [-0.1, -0.05) is 33.5 Å². The maximum absolute atomic E-state index is 12.4. The first-order chi connectivity index (χ1) is 7.28. The molecule has 102 valence electrons. The van der Waals surface area contributed by atoms with E-state index in [1.54, 1.807) is 0 Å². The number of hydrogen-bond donors (Lipinski definition) is 1. The quantitative estimate of drug-likeness (QED) is 0.783. The van der Waals surface area contributed by atoms with Crippen LogP contribution >= 0.6 is 0 Å². The lowest BCUT2D eigenvalue weighted by Gasteiger charge is -2.39. The van der Waals surface area contributed by atoms with Crippen LogP contribution in [0.4, 0.5) is 0 Å². The molecule has 0 rings (SSSR count). The molecule has 1 N–H and O–H groups in total. The zero-order valence-electron chi connectivity index (χ0n) is 12.9. The standard InChI is InChI=1S/C12H29NO2Si2/c1-10(2)12(3,13-16(4,5)6)11(14)15-17(7,8)9/h10,13H,1-9H3. The van der Waals surface area contributed by atoms with Gasteiger partial charge in [0.2, 0.25) is 8.32 Å². The Kier molecular flexibility index (Phi) is 5.20. The summed E-state index contributed by atoms with van der Waals surface area (Å²) in [5, 5.41) is 0. The van der Waals surface area contributed by atoms with Gasteiger partial charge in [0.1, 0.15) is 13.8 Å². The summed E-state index contributed by atoms with van der Waals surface area (Å²) in [6.07, 6.45) is 0. The molecule has 0 bridgehead atoms. The molecule has 0 aliphatic rings. The zero-order valence-corrected chi connectivity index (χ0v) is 14.9. The van der Waals surface area contributed by atoms with Crippen LogP contribution in [0.2, 0.25) is 39.3 Å². The van der Waals surface area contributed by atoms with Crippen LogP contribution in [0, 0.1) is 5.92 Å². The number of carbonyl (C=O) groups excluding carboxylic acids is 1. The Morgan fingerprint density at radius 3 is 1.76 bits per heavy atom. The van der Waals surface area contributed by atoms with Crippen LogP contribution in [-0.4, -0.2) is 28.1 Å². The Labute approximate surface area is 109 Å². The van der Waals surface area contributed by atoms with Crippen LogP contribution in [-0.2, 0) is 9.22 Å². The predicted octanol–water partition coefficient (Wildman–Crippen LogP) is 3.20.